The van der Waals surface area contributed by atoms with Crippen molar-refractivity contribution in [2.45, 2.75) is 66.0 Å². The quantitative estimate of drug-likeness (QED) is 0.596. The highest BCUT2D eigenvalue weighted by Crippen LogP contribution is 2.51. The Hall–Kier alpha value is -0.0800. The van der Waals surface area contributed by atoms with Gasteiger partial charge in [-0.3, -0.25) is 0 Å². The van der Waals surface area contributed by atoms with Gasteiger partial charge in [0.25, 0.3) is 0 Å². The number of rotatable bonds is 0. The van der Waals surface area contributed by atoms with E-state index >= 15 is 0 Å². The Kier molecular flexibility index (Phi) is 2.53. The van der Waals surface area contributed by atoms with Gasteiger partial charge in [0.05, 0.1) is 0 Å². The van der Waals surface area contributed by atoms with Crippen LogP contribution in [-0.2, 0) is 0 Å². The predicted molar refractivity (Wildman–Crippen MR) is 60.9 cm³/mol. The van der Waals surface area contributed by atoms with E-state index in [1.54, 1.807) is 0 Å². The second-order valence-corrected chi connectivity index (χ2v) is 6.88. The molecule has 0 aromatic heterocycles. The third kappa shape index (κ3) is 1.70. The van der Waals surface area contributed by atoms with Crippen molar-refractivity contribution in [1.29, 1.82) is 0 Å². The Morgan fingerprint density at radius 3 is 1.71 bits per heavy atom. The predicted octanol–water partition coefficient (Wildman–Crippen LogP) is 3.41. The van der Waals surface area contributed by atoms with Gasteiger partial charge in [-0.15, -0.1) is 0 Å². The first-order valence-electron chi connectivity index (χ1n) is 5.47. The molecule has 0 aliphatic carbocycles. The van der Waals surface area contributed by atoms with Gasteiger partial charge in [-0.2, -0.15) is 0 Å². The molecule has 1 rings (SSSR count). The lowest BCUT2D eigenvalue weighted by molar-refractivity contribution is 0.0884. The summed E-state index contributed by atoms with van der Waals surface area (Å²) in [6.45, 7) is 14.9. The van der Waals surface area contributed by atoms with Gasteiger partial charge in [0.15, 0.2) is 0 Å². The number of hydrogen-bond donors (Lipinski definition) is 0. The molecule has 0 N–H and O–H groups in total. The standard InChI is InChI=1S/C12H24NO/c1-10(2,3)9-8-11(4,5)13(14)12(9,6)7/h9H,8H2,1-7H3/q-1. The Bertz CT molecular complexity index is 225. The Labute approximate surface area is 88.3 Å². The largest absolute Gasteiger partial charge is 0.784 e. The van der Waals surface area contributed by atoms with Gasteiger partial charge in [-0.1, -0.05) is 20.8 Å². The molecule has 1 fully saturated rings. The number of nitrogens with zero attached hydrogens (tertiary/aromatic N) is 1. The van der Waals surface area contributed by atoms with Gasteiger partial charge in [-0.05, 0) is 45.4 Å². The van der Waals surface area contributed by atoms with Crippen molar-refractivity contribution in [1.82, 2.24) is 5.06 Å². The van der Waals surface area contributed by atoms with Crippen LogP contribution < -0.4 is 0 Å². The topological polar surface area (TPSA) is 26.3 Å². The van der Waals surface area contributed by atoms with Crippen LogP contribution in [0.2, 0.25) is 0 Å². The molecule has 0 saturated carbocycles. The molecule has 0 radical (unpaired) electrons. The molecule has 1 aliphatic heterocycles. The van der Waals surface area contributed by atoms with Gasteiger partial charge in [-0.25, -0.2) is 0 Å². The Morgan fingerprint density at radius 2 is 1.57 bits per heavy atom. The molecule has 84 valence electrons. The monoisotopic (exact) mass is 198 g/mol. The first kappa shape index (κ1) is 12.0. The van der Waals surface area contributed by atoms with Crippen LogP contribution in [0, 0.1) is 16.5 Å². The third-order valence-corrected chi connectivity index (χ3v) is 3.68. The fourth-order valence-corrected chi connectivity index (χ4v) is 3.12. The summed E-state index contributed by atoms with van der Waals surface area (Å²) in [5.41, 5.74) is -0.233. The van der Waals surface area contributed by atoms with Gasteiger partial charge in [0, 0.05) is 11.1 Å². The highest BCUT2D eigenvalue weighted by atomic mass is 16.5. The van der Waals surface area contributed by atoms with E-state index in [4.69, 9.17) is 0 Å². The maximum absolute atomic E-state index is 12.1. The molecule has 0 bridgehead atoms. The van der Waals surface area contributed by atoms with Crippen LogP contribution in [0.1, 0.15) is 54.9 Å². The zero-order valence-corrected chi connectivity index (χ0v) is 10.6. The van der Waals surface area contributed by atoms with Crippen molar-refractivity contribution in [3.8, 4) is 0 Å². The highest BCUT2D eigenvalue weighted by Gasteiger charge is 2.50. The van der Waals surface area contributed by atoms with Crippen LogP contribution in [0.25, 0.3) is 0 Å². The van der Waals surface area contributed by atoms with Gasteiger partial charge in [0.1, 0.15) is 0 Å². The average molecular weight is 198 g/mol. The summed E-state index contributed by atoms with van der Waals surface area (Å²) in [4.78, 5) is 0. The zero-order valence-electron chi connectivity index (χ0n) is 10.6. The summed E-state index contributed by atoms with van der Waals surface area (Å²) in [7, 11) is 0. The van der Waals surface area contributed by atoms with Crippen molar-refractivity contribution < 1.29 is 0 Å². The fourth-order valence-electron chi connectivity index (χ4n) is 3.12. The fraction of sp³-hybridized carbons (Fsp3) is 1.00. The van der Waals surface area contributed by atoms with E-state index in [0.29, 0.717) is 5.92 Å². The van der Waals surface area contributed by atoms with E-state index in [-0.39, 0.29) is 16.5 Å². The van der Waals surface area contributed by atoms with E-state index in [0.717, 1.165) is 6.42 Å². The van der Waals surface area contributed by atoms with Gasteiger partial charge < -0.3 is 10.3 Å². The Balaban J connectivity index is 3.03. The van der Waals surface area contributed by atoms with Crippen molar-refractivity contribution in [2.24, 2.45) is 11.3 Å². The SMILES string of the molecule is CC(C)(C)C1CC(C)(C)N([O-])C1(C)C. The van der Waals surface area contributed by atoms with E-state index in [9.17, 15) is 5.21 Å². The van der Waals surface area contributed by atoms with Gasteiger partial charge in [0.2, 0.25) is 0 Å². The van der Waals surface area contributed by atoms with E-state index in [2.05, 4.69) is 34.6 Å². The molecule has 0 spiro atoms. The van der Waals surface area contributed by atoms with Crippen LogP contribution >= 0.6 is 0 Å². The molecule has 1 saturated heterocycles. The first-order valence-corrected chi connectivity index (χ1v) is 5.47. The molecular weight excluding hydrogens is 174 g/mol. The molecule has 0 amide bonds. The maximum atomic E-state index is 12.1. The smallest absolute Gasteiger partial charge is 0.00712 e. The van der Waals surface area contributed by atoms with Crippen LogP contribution in [0.15, 0.2) is 0 Å². The molecule has 1 aliphatic rings. The van der Waals surface area contributed by atoms with Crippen LogP contribution in [0.3, 0.4) is 0 Å². The number of hydrogen-bond acceptors (Lipinski definition) is 2. The van der Waals surface area contributed by atoms with Crippen LogP contribution in [-0.4, -0.2) is 16.1 Å². The van der Waals surface area contributed by atoms with Crippen molar-refractivity contribution in [2.75, 3.05) is 0 Å². The lowest BCUT2D eigenvalue weighted by atomic mass is 9.70. The van der Waals surface area contributed by atoms with Crippen molar-refractivity contribution in [3.63, 3.8) is 0 Å². The molecule has 1 unspecified atom stereocenters. The van der Waals surface area contributed by atoms with E-state index < -0.39 is 0 Å². The van der Waals surface area contributed by atoms with E-state index in [1.807, 2.05) is 13.8 Å². The summed E-state index contributed by atoms with van der Waals surface area (Å²) in [6.07, 6.45) is 0.993. The second kappa shape index (κ2) is 2.96. The number of hydroxylamine groups is 2. The summed E-state index contributed by atoms with van der Waals surface area (Å²) in [6, 6.07) is 0. The van der Waals surface area contributed by atoms with E-state index in [1.165, 1.54) is 5.06 Å². The minimum Gasteiger partial charge on any atom is -0.784 e. The molecule has 1 heterocycles. The summed E-state index contributed by atoms with van der Waals surface area (Å²) < 4.78 is 0. The summed E-state index contributed by atoms with van der Waals surface area (Å²) in [5.74, 6) is 0.461. The molecular formula is C12H24NO-. The van der Waals surface area contributed by atoms with Crippen LogP contribution in [0.4, 0.5) is 0 Å². The third-order valence-electron chi connectivity index (χ3n) is 3.68. The first-order chi connectivity index (χ1) is 5.99. The minimum absolute atomic E-state index is 0.207. The maximum Gasteiger partial charge on any atom is 0.00712 e. The highest BCUT2D eigenvalue weighted by molar-refractivity contribution is 5.08. The molecule has 0 aromatic rings. The molecule has 1 atom stereocenters. The van der Waals surface area contributed by atoms with Gasteiger partial charge >= 0.3 is 0 Å². The molecule has 2 nitrogen and oxygen atoms in total. The second-order valence-electron chi connectivity index (χ2n) is 6.88. The summed E-state index contributed by atoms with van der Waals surface area (Å²) >= 11 is 0. The molecule has 0 aromatic carbocycles. The summed E-state index contributed by atoms with van der Waals surface area (Å²) in [5, 5.41) is 13.4. The van der Waals surface area contributed by atoms with Crippen LogP contribution in [0.5, 0.6) is 0 Å². The lowest BCUT2D eigenvalue weighted by Gasteiger charge is -2.49. The lowest BCUT2D eigenvalue weighted by Crippen LogP contribution is -2.47. The molecule has 14 heavy (non-hydrogen) atoms. The van der Waals surface area contributed by atoms with Crippen molar-refractivity contribution in [3.05, 3.63) is 5.21 Å². The normalized spacial score (nSPS) is 32.1. The average Bonchev–Trinajstić information content (AvgIpc) is 2.10. The Morgan fingerprint density at radius 1 is 1.14 bits per heavy atom. The molecule has 2 heteroatoms. The minimum atomic E-state index is -0.234. The zero-order chi connectivity index (χ0) is 11.4. The van der Waals surface area contributed by atoms with Crippen molar-refractivity contribution >= 4 is 0 Å².